The molecule has 0 aliphatic carbocycles. The Morgan fingerprint density at radius 3 is 2.94 bits per heavy atom. The van der Waals surface area contributed by atoms with Crippen molar-refractivity contribution >= 4 is 5.84 Å². The Balaban J connectivity index is 1.79. The van der Waals surface area contributed by atoms with Gasteiger partial charge in [-0.1, -0.05) is 23.4 Å². The number of oxime groups is 1. The Morgan fingerprint density at radius 2 is 2.22 bits per heavy atom. The first kappa shape index (κ1) is 12.7. The second-order valence-electron chi connectivity index (χ2n) is 4.38. The number of benzene rings is 1. The summed E-state index contributed by atoms with van der Waals surface area (Å²) >= 11 is 0. The van der Waals surface area contributed by atoms with Gasteiger partial charge in [-0.3, -0.25) is 4.90 Å². The van der Waals surface area contributed by atoms with Crippen LogP contribution in [0.1, 0.15) is 12.8 Å². The maximum absolute atomic E-state index is 8.72. The molecule has 1 aliphatic rings. The third-order valence-electron chi connectivity index (χ3n) is 3.21. The lowest BCUT2D eigenvalue weighted by atomic mass is 10.2. The van der Waals surface area contributed by atoms with Gasteiger partial charge in [0.25, 0.3) is 0 Å². The van der Waals surface area contributed by atoms with Crippen molar-refractivity contribution in [1.29, 1.82) is 0 Å². The number of nitrogens with two attached hydrogens (primary N) is 1. The van der Waals surface area contributed by atoms with Crippen molar-refractivity contribution in [3.63, 3.8) is 0 Å². The van der Waals surface area contributed by atoms with Gasteiger partial charge < -0.3 is 15.7 Å². The molecule has 5 heteroatoms. The van der Waals surface area contributed by atoms with E-state index in [1.54, 1.807) is 0 Å². The van der Waals surface area contributed by atoms with Crippen molar-refractivity contribution in [2.45, 2.75) is 18.9 Å². The van der Waals surface area contributed by atoms with Crippen molar-refractivity contribution in [3.8, 4) is 5.75 Å². The minimum atomic E-state index is 0.0503. The quantitative estimate of drug-likeness (QED) is 0.357. The van der Waals surface area contributed by atoms with Crippen LogP contribution in [0.4, 0.5) is 0 Å². The molecule has 1 atom stereocenters. The fraction of sp³-hybridized carbons (Fsp3) is 0.462. The molecule has 0 spiro atoms. The van der Waals surface area contributed by atoms with Gasteiger partial charge in [0.2, 0.25) is 0 Å². The lowest BCUT2D eigenvalue weighted by Gasteiger charge is -2.23. The average molecular weight is 249 g/mol. The summed E-state index contributed by atoms with van der Waals surface area (Å²) in [7, 11) is 0. The minimum absolute atomic E-state index is 0.0503. The average Bonchev–Trinajstić information content (AvgIpc) is 2.87. The minimum Gasteiger partial charge on any atom is -0.492 e. The van der Waals surface area contributed by atoms with Crippen LogP contribution in [-0.2, 0) is 0 Å². The Bertz CT molecular complexity index is 394. The molecule has 98 valence electrons. The third kappa shape index (κ3) is 3.13. The van der Waals surface area contributed by atoms with Crippen molar-refractivity contribution in [3.05, 3.63) is 30.3 Å². The summed E-state index contributed by atoms with van der Waals surface area (Å²) < 4.78 is 5.64. The fourth-order valence-corrected chi connectivity index (χ4v) is 2.29. The highest BCUT2D eigenvalue weighted by Crippen LogP contribution is 2.17. The summed E-state index contributed by atoms with van der Waals surface area (Å²) in [5.74, 6) is 1.17. The predicted molar refractivity (Wildman–Crippen MR) is 69.9 cm³/mol. The molecule has 0 saturated carbocycles. The molecule has 1 aliphatic heterocycles. The van der Waals surface area contributed by atoms with Crippen LogP contribution in [0.15, 0.2) is 35.5 Å². The van der Waals surface area contributed by atoms with Gasteiger partial charge >= 0.3 is 0 Å². The van der Waals surface area contributed by atoms with Crippen LogP contribution >= 0.6 is 0 Å². The first-order chi connectivity index (χ1) is 8.81. The van der Waals surface area contributed by atoms with Gasteiger partial charge in [0.1, 0.15) is 12.4 Å². The van der Waals surface area contributed by atoms with Gasteiger partial charge in [0.05, 0.1) is 6.04 Å². The maximum Gasteiger partial charge on any atom is 0.156 e. The molecule has 0 radical (unpaired) electrons. The Labute approximate surface area is 107 Å². The number of nitrogens with zero attached hydrogens (tertiary/aromatic N) is 2. The molecular weight excluding hydrogens is 230 g/mol. The molecule has 1 saturated heterocycles. The van der Waals surface area contributed by atoms with E-state index in [-0.39, 0.29) is 6.04 Å². The molecule has 1 fully saturated rings. The zero-order valence-electron chi connectivity index (χ0n) is 10.3. The highest BCUT2D eigenvalue weighted by molar-refractivity contribution is 5.85. The maximum atomic E-state index is 8.72. The second kappa shape index (κ2) is 6.26. The highest BCUT2D eigenvalue weighted by atomic mass is 16.5. The molecular formula is C13H19N3O2. The highest BCUT2D eigenvalue weighted by Gasteiger charge is 2.27. The molecule has 0 amide bonds. The molecule has 0 aromatic heterocycles. The first-order valence-electron chi connectivity index (χ1n) is 6.20. The van der Waals surface area contributed by atoms with Gasteiger partial charge in [0, 0.05) is 6.54 Å². The summed E-state index contributed by atoms with van der Waals surface area (Å²) in [6, 6.07) is 9.78. The number of hydrogen-bond acceptors (Lipinski definition) is 4. The van der Waals surface area contributed by atoms with E-state index in [0.717, 1.165) is 31.7 Å². The van der Waals surface area contributed by atoms with Crippen molar-refractivity contribution in [1.82, 2.24) is 4.90 Å². The van der Waals surface area contributed by atoms with E-state index < -0.39 is 0 Å². The van der Waals surface area contributed by atoms with Gasteiger partial charge in [-0.2, -0.15) is 0 Å². The van der Waals surface area contributed by atoms with Crippen LogP contribution in [0.3, 0.4) is 0 Å². The van der Waals surface area contributed by atoms with E-state index in [4.69, 9.17) is 15.7 Å². The van der Waals surface area contributed by atoms with E-state index in [1.807, 2.05) is 30.3 Å². The van der Waals surface area contributed by atoms with Crippen LogP contribution in [-0.4, -0.2) is 41.7 Å². The molecule has 2 rings (SSSR count). The van der Waals surface area contributed by atoms with Crippen molar-refractivity contribution < 1.29 is 9.94 Å². The third-order valence-corrected chi connectivity index (χ3v) is 3.21. The van der Waals surface area contributed by atoms with Crippen molar-refractivity contribution in [2.75, 3.05) is 19.7 Å². The summed E-state index contributed by atoms with van der Waals surface area (Å²) in [5, 5.41) is 11.8. The molecule has 18 heavy (non-hydrogen) atoms. The standard InChI is InChI=1S/C13H19N3O2/c14-13(15-17)12-7-4-8-16(12)9-10-18-11-5-2-1-3-6-11/h1-3,5-6,12,17H,4,7-10H2,(H2,14,15). The molecule has 0 bridgehead atoms. The van der Waals surface area contributed by atoms with Gasteiger partial charge in [-0.15, -0.1) is 0 Å². The second-order valence-corrected chi connectivity index (χ2v) is 4.38. The molecule has 1 unspecified atom stereocenters. The number of ether oxygens (including phenoxy) is 1. The lowest BCUT2D eigenvalue weighted by Crippen LogP contribution is -2.42. The van der Waals surface area contributed by atoms with Crippen LogP contribution < -0.4 is 10.5 Å². The predicted octanol–water partition coefficient (Wildman–Crippen LogP) is 1.28. The summed E-state index contributed by atoms with van der Waals surface area (Å²) in [4.78, 5) is 2.19. The summed E-state index contributed by atoms with van der Waals surface area (Å²) in [6.45, 7) is 2.37. The van der Waals surface area contributed by atoms with Crippen molar-refractivity contribution in [2.24, 2.45) is 10.9 Å². The number of amidine groups is 1. The molecule has 1 aromatic rings. The molecule has 3 N–H and O–H groups in total. The topological polar surface area (TPSA) is 71.1 Å². The Kier molecular flexibility index (Phi) is 4.41. The number of likely N-dealkylation sites (tertiary alicyclic amines) is 1. The van der Waals surface area contributed by atoms with E-state index in [1.165, 1.54) is 0 Å². The van der Waals surface area contributed by atoms with Crippen LogP contribution in [0.5, 0.6) is 5.75 Å². The van der Waals surface area contributed by atoms with E-state index in [0.29, 0.717) is 12.4 Å². The van der Waals surface area contributed by atoms with E-state index in [9.17, 15) is 0 Å². The van der Waals surface area contributed by atoms with Crippen LogP contribution in [0, 0.1) is 0 Å². The van der Waals surface area contributed by atoms with Crippen LogP contribution in [0.25, 0.3) is 0 Å². The van der Waals surface area contributed by atoms with E-state index >= 15 is 0 Å². The van der Waals surface area contributed by atoms with Crippen LogP contribution in [0.2, 0.25) is 0 Å². The molecule has 5 nitrogen and oxygen atoms in total. The molecule has 1 heterocycles. The largest absolute Gasteiger partial charge is 0.492 e. The summed E-state index contributed by atoms with van der Waals surface area (Å²) in [6.07, 6.45) is 2.02. The zero-order chi connectivity index (χ0) is 12.8. The zero-order valence-corrected chi connectivity index (χ0v) is 10.3. The Hall–Kier alpha value is -1.75. The monoisotopic (exact) mass is 249 g/mol. The Morgan fingerprint density at radius 1 is 1.44 bits per heavy atom. The number of rotatable bonds is 5. The SMILES string of the molecule is NC(=NO)C1CCCN1CCOc1ccccc1. The van der Waals surface area contributed by atoms with Gasteiger partial charge in [-0.25, -0.2) is 0 Å². The lowest BCUT2D eigenvalue weighted by molar-refractivity contribution is 0.217. The van der Waals surface area contributed by atoms with E-state index in [2.05, 4.69) is 10.1 Å². The smallest absolute Gasteiger partial charge is 0.156 e. The summed E-state index contributed by atoms with van der Waals surface area (Å²) in [5.41, 5.74) is 5.67. The number of hydrogen-bond donors (Lipinski definition) is 2. The molecule has 1 aromatic carbocycles. The fourth-order valence-electron chi connectivity index (χ4n) is 2.29. The van der Waals surface area contributed by atoms with Gasteiger partial charge in [0.15, 0.2) is 5.84 Å². The normalized spacial score (nSPS) is 21.1. The number of para-hydroxylation sites is 1. The first-order valence-corrected chi connectivity index (χ1v) is 6.20. The van der Waals surface area contributed by atoms with Gasteiger partial charge in [-0.05, 0) is 31.5 Å².